The van der Waals surface area contributed by atoms with E-state index in [4.69, 9.17) is 0 Å². The first-order valence-electron chi connectivity index (χ1n) is 8.34. The summed E-state index contributed by atoms with van der Waals surface area (Å²) in [6.07, 6.45) is 2.26. The molecule has 0 aromatic heterocycles. The monoisotopic (exact) mass is 301 g/mol. The standard InChI is InChI=1S/C19H31N3/c1-17(14-18-8-6-5-7-9-18)15-20-16-19(2,3)22-12-10-21(4)11-13-22/h5-9,14,20H,10-13,15-16H2,1-4H3. The summed E-state index contributed by atoms with van der Waals surface area (Å²) in [5.41, 5.74) is 2.87. The number of likely N-dealkylation sites (N-methyl/N-ethyl adjacent to an activating group) is 1. The minimum Gasteiger partial charge on any atom is -0.311 e. The molecule has 1 heterocycles. The van der Waals surface area contributed by atoms with E-state index in [1.807, 2.05) is 0 Å². The minimum atomic E-state index is 0.217. The van der Waals surface area contributed by atoms with E-state index in [0.29, 0.717) is 0 Å². The largest absolute Gasteiger partial charge is 0.311 e. The molecular weight excluding hydrogens is 270 g/mol. The molecule has 22 heavy (non-hydrogen) atoms. The summed E-state index contributed by atoms with van der Waals surface area (Å²) in [5.74, 6) is 0. The van der Waals surface area contributed by atoms with Crippen LogP contribution in [0.4, 0.5) is 0 Å². The summed E-state index contributed by atoms with van der Waals surface area (Å²) in [5, 5.41) is 3.63. The lowest BCUT2D eigenvalue weighted by atomic mass is 10.0. The van der Waals surface area contributed by atoms with E-state index in [0.717, 1.165) is 13.1 Å². The van der Waals surface area contributed by atoms with Crippen LogP contribution in [0.2, 0.25) is 0 Å². The van der Waals surface area contributed by atoms with E-state index in [1.165, 1.54) is 37.3 Å². The van der Waals surface area contributed by atoms with Gasteiger partial charge in [-0.1, -0.05) is 42.0 Å². The first-order chi connectivity index (χ1) is 10.5. The molecule has 1 aromatic rings. The van der Waals surface area contributed by atoms with Crippen LogP contribution in [-0.2, 0) is 0 Å². The van der Waals surface area contributed by atoms with E-state index in [2.05, 4.69) is 79.3 Å². The fourth-order valence-electron chi connectivity index (χ4n) is 2.97. The summed E-state index contributed by atoms with van der Waals surface area (Å²) in [6.45, 7) is 13.6. The molecule has 122 valence electrons. The Morgan fingerprint density at radius 3 is 2.41 bits per heavy atom. The van der Waals surface area contributed by atoms with Gasteiger partial charge < -0.3 is 10.2 Å². The average molecular weight is 301 g/mol. The maximum Gasteiger partial charge on any atom is 0.0278 e. The van der Waals surface area contributed by atoms with Crippen molar-refractivity contribution in [3.05, 3.63) is 41.5 Å². The molecule has 0 saturated carbocycles. The van der Waals surface area contributed by atoms with Gasteiger partial charge in [-0.2, -0.15) is 0 Å². The zero-order chi connectivity index (χ0) is 16.0. The molecule has 3 heteroatoms. The third-order valence-electron chi connectivity index (χ3n) is 4.53. The molecule has 1 aliphatic rings. The molecule has 0 unspecified atom stereocenters. The second-order valence-corrected chi connectivity index (χ2v) is 7.11. The van der Waals surface area contributed by atoms with Gasteiger partial charge >= 0.3 is 0 Å². The van der Waals surface area contributed by atoms with Crippen LogP contribution in [-0.4, -0.2) is 61.7 Å². The molecule has 0 bridgehead atoms. The highest BCUT2D eigenvalue weighted by molar-refractivity contribution is 5.52. The number of hydrogen-bond acceptors (Lipinski definition) is 3. The first-order valence-corrected chi connectivity index (χ1v) is 8.34. The maximum atomic E-state index is 3.63. The van der Waals surface area contributed by atoms with Crippen LogP contribution in [0.15, 0.2) is 35.9 Å². The topological polar surface area (TPSA) is 18.5 Å². The molecule has 0 atom stereocenters. The second kappa shape index (κ2) is 7.91. The minimum absolute atomic E-state index is 0.217. The molecule has 1 N–H and O–H groups in total. The highest BCUT2D eigenvalue weighted by Gasteiger charge is 2.28. The Kier molecular flexibility index (Phi) is 6.18. The number of nitrogens with zero attached hydrogens (tertiary/aromatic N) is 2. The van der Waals surface area contributed by atoms with Crippen molar-refractivity contribution in [3.8, 4) is 0 Å². The quantitative estimate of drug-likeness (QED) is 0.871. The van der Waals surface area contributed by atoms with Gasteiger partial charge in [0, 0.05) is 44.8 Å². The highest BCUT2D eigenvalue weighted by Crippen LogP contribution is 2.16. The molecule has 0 spiro atoms. The molecule has 0 aliphatic carbocycles. The lowest BCUT2D eigenvalue weighted by molar-refractivity contribution is 0.0625. The summed E-state index contributed by atoms with van der Waals surface area (Å²) in [6, 6.07) is 10.5. The maximum absolute atomic E-state index is 3.63. The molecule has 0 radical (unpaired) electrons. The Balaban J connectivity index is 1.78. The van der Waals surface area contributed by atoms with E-state index in [1.54, 1.807) is 0 Å². The van der Waals surface area contributed by atoms with Crippen molar-refractivity contribution in [3.63, 3.8) is 0 Å². The summed E-state index contributed by atoms with van der Waals surface area (Å²) >= 11 is 0. The second-order valence-electron chi connectivity index (χ2n) is 7.11. The fraction of sp³-hybridized carbons (Fsp3) is 0.579. The summed E-state index contributed by atoms with van der Waals surface area (Å²) < 4.78 is 0. The number of benzene rings is 1. The molecule has 2 rings (SSSR count). The number of hydrogen-bond donors (Lipinski definition) is 1. The van der Waals surface area contributed by atoms with Gasteiger partial charge in [0.2, 0.25) is 0 Å². The van der Waals surface area contributed by atoms with Crippen LogP contribution in [0.5, 0.6) is 0 Å². The van der Waals surface area contributed by atoms with Crippen LogP contribution in [0, 0.1) is 0 Å². The predicted molar refractivity (Wildman–Crippen MR) is 96.1 cm³/mol. The first kappa shape index (κ1) is 17.2. The molecule has 1 aliphatic heterocycles. The Morgan fingerprint density at radius 1 is 1.14 bits per heavy atom. The van der Waals surface area contributed by atoms with Gasteiger partial charge in [0.15, 0.2) is 0 Å². The highest BCUT2D eigenvalue weighted by atomic mass is 15.3. The zero-order valence-electron chi connectivity index (χ0n) is 14.6. The van der Waals surface area contributed by atoms with E-state index >= 15 is 0 Å². The molecule has 1 fully saturated rings. The van der Waals surface area contributed by atoms with E-state index in [9.17, 15) is 0 Å². The van der Waals surface area contributed by atoms with Crippen LogP contribution < -0.4 is 5.32 Å². The Labute approximate surface area is 136 Å². The van der Waals surface area contributed by atoms with Crippen molar-refractivity contribution in [1.29, 1.82) is 0 Å². The Hall–Kier alpha value is -1.16. The number of rotatable bonds is 6. The van der Waals surface area contributed by atoms with Crippen molar-refractivity contribution < 1.29 is 0 Å². The molecule has 3 nitrogen and oxygen atoms in total. The van der Waals surface area contributed by atoms with Crippen molar-refractivity contribution >= 4 is 6.08 Å². The van der Waals surface area contributed by atoms with Crippen molar-refractivity contribution in [2.24, 2.45) is 0 Å². The van der Waals surface area contributed by atoms with Gasteiger partial charge in [0.1, 0.15) is 0 Å². The molecule has 1 aromatic carbocycles. The number of piperazine rings is 1. The van der Waals surface area contributed by atoms with Crippen molar-refractivity contribution in [2.75, 3.05) is 46.3 Å². The van der Waals surface area contributed by atoms with Crippen molar-refractivity contribution in [2.45, 2.75) is 26.3 Å². The molecule has 1 saturated heterocycles. The van der Waals surface area contributed by atoms with Crippen LogP contribution in [0.25, 0.3) is 6.08 Å². The lowest BCUT2D eigenvalue weighted by Gasteiger charge is -2.43. The predicted octanol–water partition coefficient (Wildman–Crippen LogP) is 2.71. The SMILES string of the molecule is CC(=Cc1ccccc1)CNCC(C)(C)N1CCN(C)CC1. The smallest absolute Gasteiger partial charge is 0.0278 e. The van der Waals surface area contributed by atoms with Crippen LogP contribution in [0.1, 0.15) is 26.3 Å². The van der Waals surface area contributed by atoms with Crippen LogP contribution >= 0.6 is 0 Å². The Morgan fingerprint density at radius 2 is 1.77 bits per heavy atom. The van der Waals surface area contributed by atoms with Crippen molar-refractivity contribution in [1.82, 2.24) is 15.1 Å². The van der Waals surface area contributed by atoms with Gasteiger partial charge in [-0.25, -0.2) is 0 Å². The lowest BCUT2D eigenvalue weighted by Crippen LogP contribution is -2.57. The van der Waals surface area contributed by atoms with Gasteiger partial charge in [-0.15, -0.1) is 0 Å². The van der Waals surface area contributed by atoms with Crippen LogP contribution in [0.3, 0.4) is 0 Å². The number of nitrogens with one attached hydrogen (secondary N) is 1. The van der Waals surface area contributed by atoms with Gasteiger partial charge in [-0.3, -0.25) is 4.90 Å². The summed E-state index contributed by atoms with van der Waals surface area (Å²) in [4.78, 5) is 5.02. The Bertz CT molecular complexity index is 471. The zero-order valence-corrected chi connectivity index (χ0v) is 14.6. The summed E-state index contributed by atoms with van der Waals surface area (Å²) in [7, 11) is 2.21. The van der Waals surface area contributed by atoms with Gasteiger partial charge in [0.25, 0.3) is 0 Å². The third-order valence-corrected chi connectivity index (χ3v) is 4.53. The van der Waals surface area contributed by atoms with Gasteiger partial charge in [-0.05, 0) is 33.4 Å². The normalized spacial score (nSPS) is 18.6. The molecular formula is C19H31N3. The average Bonchev–Trinajstić information content (AvgIpc) is 2.48. The van der Waals surface area contributed by atoms with E-state index in [-0.39, 0.29) is 5.54 Å². The van der Waals surface area contributed by atoms with E-state index < -0.39 is 0 Å². The third kappa shape index (κ3) is 5.24. The molecule has 0 amide bonds. The fourth-order valence-corrected chi connectivity index (χ4v) is 2.97. The van der Waals surface area contributed by atoms with Gasteiger partial charge in [0.05, 0.1) is 0 Å².